The summed E-state index contributed by atoms with van der Waals surface area (Å²) < 4.78 is 28.1. The topological polar surface area (TPSA) is 136 Å². The van der Waals surface area contributed by atoms with Gasteiger partial charge in [-0.2, -0.15) is 4.31 Å². The van der Waals surface area contributed by atoms with Crippen LogP contribution in [0.2, 0.25) is 10.0 Å². The van der Waals surface area contributed by atoms with Gasteiger partial charge >= 0.3 is 12.0 Å². The van der Waals surface area contributed by atoms with Crippen LogP contribution in [-0.4, -0.2) is 61.9 Å². The number of halogens is 2. The zero-order valence-corrected chi connectivity index (χ0v) is 25.0. The molecule has 0 bridgehead atoms. The van der Waals surface area contributed by atoms with E-state index in [9.17, 15) is 27.9 Å². The van der Waals surface area contributed by atoms with Crippen molar-refractivity contribution < 1.29 is 27.9 Å². The fourth-order valence-electron chi connectivity index (χ4n) is 4.62. The number of carbonyl (C=O) groups is 3. The molecule has 1 atom stereocenters. The lowest BCUT2D eigenvalue weighted by Crippen LogP contribution is -2.48. The van der Waals surface area contributed by atoms with Crippen molar-refractivity contribution in [2.75, 3.05) is 30.4 Å². The summed E-state index contributed by atoms with van der Waals surface area (Å²) in [7, 11) is -2.46. The maximum atomic E-state index is 13.3. The molecule has 10 nitrogen and oxygen atoms in total. The van der Waals surface area contributed by atoms with Crippen molar-refractivity contribution in [3.05, 3.63) is 87.9 Å². The van der Waals surface area contributed by atoms with Crippen molar-refractivity contribution in [1.29, 1.82) is 0 Å². The lowest BCUT2D eigenvalue weighted by Gasteiger charge is -2.28. The average Bonchev–Trinajstić information content (AvgIpc) is 2.97. The Kier molecular flexibility index (Phi) is 10.1. The van der Waals surface area contributed by atoms with Gasteiger partial charge in [0.15, 0.2) is 0 Å². The number of benzene rings is 3. The Balaban J connectivity index is 1.44. The first-order chi connectivity index (χ1) is 20.0. The van der Waals surface area contributed by atoms with E-state index in [1.807, 2.05) is 0 Å². The molecule has 1 aliphatic heterocycles. The van der Waals surface area contributed by atoms with Crippen LogP contribution in [0.25, 0.3) is 0 Å². The fraction of sp³-hybridized carbons (Fsp3) is 0.276. The van der Waals surface area contributed by atoms with E-state index in [0.717, 1.165) is 24.2 Å². The van der Waals surface area contributed by atoms with E-state index in [2.05, 4.69) is 10.6 Å². The molecular weight excluding hydrogens is 603 g/mol. The molecule has 0 saturated carbocycles. The van der Waals surface area contributed by atoms with Crippen LogP contribution in [0, 0.1) is 0 Å². The summed E-state index contributed by atoms with van der Waals surface area (Å²) in [6, 6.07) is 15.2. The number of sulfonamides is 1. The first kappa shape index (κ1) is 31.3. The van der Waals surface area contributed by atoms with Gasteiger partial charge in [0.1, 0.15) is 10.9 Å². The van der Waals surface area contributed by atoms with E-state index in [4.69, 9.17) is 23.2 Å². The molecule has 1 heterocycles. The lowest BCUT2D eigenvalue weighted by molar-refractivity contribution is -0.139. The Labute approximate surface area is 254 Å². The highest BCUT2D eigenvalue weighted by atomic mass is 35.5. The normalized spacial score (nSPS) is 14.5. The molecule has 4 rings (SSSR count). The first-order valence-electron chi connectivity index (χ1n) is 13.2. The number of nitrogens with one attached hydrogen (secondary N) is 2. The Morgan fingerprint density at radius 3 is 2.17 bits per heavy atom. The SMILES string of the molecule is CN(C(=O)N[C@@H](Cc1ccc(NC(=O)c2c(Cl)cccc2Cl)cc1)C(=O)O)c1ccccc1S(=O)(=O)N1CCCCC1. The van der Waals surface area contributed by atoms with Crippen molar-refractivity contribution in [3.8, 4) is 0 Å². The molecule has 1 fully saturated rings. The monoisotopic (exact) mass is 632 g/mol. The number of rotatable bonds is 9. The van der Waals surface area contributed by atoms with E-state index >= 15 is 0 Å². The number of urea groups is 1. The number of hydrogen-bond donors (Lipinski definition) is 3. The third-order valence-corrected chi connectivity index (χ3v) is 9.48. The van der Waals surface area contributed by atoms with Gasteiger partial charge in [-0.3, -0.25) is 9.69 Å². The first-order valence-corrected chi connectivity index (χ1v) is 15.4. The van der Waals surface area contributed by atoms with E-state index in [1.165, 1.54) is 23.5 Å². The van der Waals surface area contributed by atoms with Gasteiger partial charge in [-0.05, 0) is 54.8 Å². The van der Waals surface area contributed by atoms with Crippen LogP contribution in [0.1, 0.15) is 35.2 Å². The average molecular weight is 634 g/mol. The molecule has 0 unspecified atom stereocenters. The highest BCUT2D eigenvalue weighted by Crippen LogP contribution is 2.29. The second kappa shape index (κ2) is 13.6. The van der Waals surface area contributed by atoms with Crippen molar-refractivity contribution in [1.82, 2.24) is 9.62 Å². The Hall–Kier alpha value is -3.64. The fourth-order valence-corrected chi connectivity index (χ4v) is 6.93. The van der Waals surface area contributed by atoms with Crippen LogP contribution >= 0.6 is 23.2 Å². The summed E-state index contributed by atoms with van der Waals surface area (Å²) in [5, 5.41) is 15.4. The Morgan fingerprint density at radius 2 is 1.55 bits per heavy atom. The summed E-state index contributed by atoms with van der Waals surface area (Å²) in [6.07, 6.45) is 2.43. The van der Waals surface area contributed by atoms with Gasteiger partial charge in [-0.15, -0.1) is 0 Å². The van der Waals surface area contributed by atoms with Crippen LogP contribution in [0.3, 0.4) is 0 Å². The summed E-state index contributed by atoms with van der Waals surface area (Å²) in [5.41, 5.74) is 1.28. The Morgan fingerprint density at radius 1 is 0.929 bits per heavy atom. The molecule has 3 N–H and O–H groups in total. The maximum Gasteiger partial charge on any atom is 0.326 e. The van der Waals surface area contributed by atoms with E-state index in [1.54, 1.807) is 54.6 Å². The number of hydrogen-bond acceptors (Lipinski definition) is 5. The standard InChI is InChI=1S/C29H30Cl2N4O6S/c1-34(24-10-3-4-11-25(24)42(40,41)35-16-5-2-6-17-35)29(39)33-23(28(37)38)18-19-12-14-20(15-13-19)32-27(36)26-21(30)8-7-9-22(26)31/h3-4,7-15,23H,2,5-6,16-18H2,1H3,(H,32,36)(H,33,39)(H,37,38)/t23-/m0/s1. The third kappa shape index (κ3) is 7.22. The van der Waals surface area contributed by atoms with Crippen LogP contribution < -0.4 is 15.5 Å². The van der Waals surface area contributed by atoms with Gasteiger partial charge in [0.05, 0.1) is 21.3 Å². The minimum Gasteiger partial charge on any atom is -0.480 e. The zero-order chi connectivity index (χ0) is 30.4. The van der Waals surface area contributed by atoms with E-state index in [0.29, 0.717) is 24.3 Å². The van der Waals surface area contributed by atoms with Crippen LogP contribution in [0.4, 0.5) is 16.2 Å². The summed E-state index contributed by atoms with van der Waals surface area (Å²) in [6.45, 7) is 0.813. The molecule has 1 saturated heterocycles. The molecule has 42 heavy (non-hydrogen) atoms. The molecule has 3 aromatic rings. The second-order valence-electron chi connectivity index (χ2n) is 9.78. The van der Waals surface area contributed by atoms with E-state index < -0.39 is 34.0 Å². The van der Waals surface area contributed by atoms with Gasteiger partial charge < -0.3 is 15.7 Å². The van der Waals surface area contributed by atoms with Crippen molar-refractivity contribution >= 4 is 62.5 Å². The number of nitrogens with zero attached hydrogens (tertiary/aromatic N) is 2. The van der Waals surface area contributed by atoms with Crippen molar-refractivity contribution in [2.45, 2.75) is 36.6 Å². The predicted octanol–water partition coefficient (Wildman–Crippen LogP) is 5.26. The number of anilines is 2. The summed E-state index contributed by atoms with van der Waals surface area (Å²) >= 11 is 12.2. The van der Waals surface area contributed by atoms with Gasteiger partial charge in [-0.1, -0.05) is 60.0 Å². The molecule has 0 spiro atoms. The van der Waals surface area contributed by atoms with Crippen molar-refractivity contribution in [2.24, 2.45) is 0 Å². The maximum absolute atomic E-state index is 13.3. The minimum absolute atomic E-state index is 0.0212. The third-order valence-electron chi connectivity index (χ3n) is 6.90. The number of amides is 3. The number of aliphatic carboxylic acids is 1. The number of carboxylic acids is 1. The molecule has 3 amide bonds. The van der Waals surface area contributed by atoms with Gasteiger partial charge in [0, 0.05) is 32.2 Å². The number of carbonyl (C=O) groups excluding carboxylic acids is 2. The lowest BCUT2D eigenvalue weighted by atomic mass is 10.1. The smallest absolute Gasteiger partial charge is 0.326 e. The quantitative estimate of drug-likeness (QED) is 0.294. The van der Waals surface area contributed by atoms with Crippen LogP contribution in [0.15, 0.2) is 71.6 Å². The number of piperidine rings is 1. The molecule has 0 aliphatic carbocycles. The number of carboxylic acid groups (broad SMARTS) is 1. The van der Waals surface area contributed by atoms with Gasteiger partial charge in [-0.25, -0.2) is 18.0 Å². The molecule has 0 radical (unpaired) electrons. The second-order valence-corrected chi connectivity index (χ2v) is 12.5. The molecule has 0 aromatic heterocycles. The zero-order valence-electron chi connectivity index (χ0n) is 22.7. The highest BCUT2D eigenvalue weighted by Gasteiger charge is 2.31. The summed E-state index contributed by atoms with van der Waals surface area (Å²) in [5.74, 6) is -1.77. The van der Waals surface area contributed by atoms with Gasteiger partial charge in [0.25, 0.3) is 5.91 Å². The van der Waals surface area contributed by atoms with Crippen molar-refractivity contribution in [3.63, 3.8) is 0 Å². The molecular formula is C29H30Cl2N4O6S. The Bertz CT molecular complexity index is 1560. The predicted molar refractivity (Wildman–Crippen MR) is 162 cm³/mol. The highest BCUT2D eigenvalue weighted by molar-refractivity contribution is 7.89. The van der Waals surface area contributed by atoms with Crippen LogP contribution in [-0.2, 0) is 21.2 Å². The molecule has 1 aliphatic rings. The molecule has 3 aromatic carbocycles. The molecule has 13 heteroatoms. The summed E-state index contributed by atoms with van der Waals surface area (Å²) in [4.78, 5) is 38.9. The van der Waals surface area contributed by atoms with E-state index in [-0.39, 0.29) is 32.6 Å². The van der Waals surface area contributed by atoms with Crippen LogP contribution in [0.5, 0.6) is 0 Å². The molecule has 222 valence electrons. The largest absolute Gasteiger partial charge is 0.480 e. The minimum atomic E-state index is -3.85. The van der Waals surface area contributed by atoms with Gasteiger partial charge in [0.2, 0.25) is 10.0 Å². The number of para-hydroxylation sites is 1.